The normalized spacial score (nSPS) is 17.6. The van der Waals surface area contributed by atoms with Crippen molar-refractivity contribution in [3.63, 3.8) is 0 Å². The van der Waals surface area contributed by atoms with Gasteiger partial charge >= 0.3 is 6.03 Å². The van der Waals surface area contributed by atoms with Gasteiger partial charge in [-0.05, 0) is 19.1 Å². The number of aromatic nitrogens is 2. The number of urea groups is 1. The number of hydrogen-bond acceptors (Lipinski definition) is 4. The number of aryl methyl sites for hydroxylation is 1. The van der Waals surface area contributed by atoms with Crippen LogP contribution < -0.4 is 16.0 Å². The fourth-order valence-electron chi connectivity index (χ4n) is 3.09. The molecule has 146 valence electrons. The highest BCUT2D eigenvalue weighted by Gasteiger charge is 2.33. The molecule has 1 fully saturated rings. The summed E-state index contributed by atoms with van der Waals surface area (Å²) in [4.78, 5) is 31.2. The van der Waals surface area contributed by atoms with Gasteiger partial charge in [-0.15, -0.1) is 12.4 Å². The number of carbonyl (C=O) groups is 2. The molecular formula is C18H25ClN6O2. The first kappa shape index (κ1) is 20.7. The molecule has 27 heavy (non-hydrogen) atoms. The van der Waals surface area contributed by atoms with E-state index in [1.165, 1.54) is 0 Å². The van der Waals surface area contributed by atoms with Crippen molar-refractivity contribution in [1.29, 1.82) is 0 Å². The third kappa shape index (κ3) is 4.99. The fourth-order valence-corrected chi connectivity index (χ4v) is 3.09. The van der Waals surface area contributed by atoms with Gasteiger partial charge in [0.1, 0.15) is 17.9 Å². The highest BCUT2D eigenvalue weighted by molar-refractivity contribution is 5.93. The van der Waals surface area contributed by atoms with Gasteiger partial charge in [-0.1, -0.05) is 18.2 Å². The lowest BCUT2D eigenvalue weighted by Gasteiger charge is -2.37. The van der Waals surface area contributed by atoms with Crippen molar-refractivity contribution in [2.75, 3.05) is 25.0 Å². The number of halogens is 1. The summed E-state index contributed by atoms with van der Waals surface area (Å²) in [6.45, 7) is 3.63. The Hall–Kier alpha value is -2.58. The van der Waals surface area contributed by atoms with Crippen molar-refractivity contribution in [3.8, 4) is 0 Å². The average Bonchev–Trinajstić information content (AvgIpc) is 3.07. The number of benzene rings is 1. The summed E-state index contributed by atoms with van der Waals surface area (Å²) in [5.41, 5.74) is 0.678. The molecule has 1 aliphatic heterocycles. The molecule has 1 aliphatic rings. The quantitative estimate of drug-likeness (QED) is 0.735. The van der Waals surface area contributed by atoms with Crippen molar-refractivity contribution in [1.82, 2.24) is 25.1 Å². The number of carbonyl (C=O) groups excluding carboxylic acids is 2. The van der Waals surface area contributed by atoms with Crippen LogP contribution in [0.5, 0.6) is 0 Å². The summed E-state index contributed by atoms with van der Waals surface area (Å²) >= 11 is 0. The largest absolute Gasteiger partial charge is 0.336 e. The van der Waals surface area contributed by atoms with Crippen LogP contribution >= 0.6 is 12.4 Å². The van der Waals surface area contributed by atoms with Gasteiger partial charge in [0.15, 0.2) is 0 Å². The summed E-state index contributed by atoms with van der Waals surface area (Å²) < 4.78 is 1.91. The van der Waals surface area contributed by atoms with Crippen molar-refractivity contribution < 1.29 is 9.59 Å². The van der Waals surface area contributed by atoms with Crippen LogP contribution in [0.4, 0.5) is 10.5 Å². The molecule has 0 saturated carbocycles. The predicted molar refractivity (Wildman–Crippen MR) is 106 cm³/mol. The molecule has 2 aromatic rings. The van der Waals surface area contributed by atoms with E-state index in [1.54, 1.807) is 30.2 Å². The standard InChI is InChI=1S/C18H24N6O2.ClH/c1-13(21-18(26)22-14-6-4-3-5-7-14)17(25)24-11-8-19-12-15(24)16-20-9-10-23(16)2;/h3-7,9-10,13,15,19H,8,11-12H2,1-2H3,(H2,21,22,26);1H. The fraction of sp³-hybridized carbons (Fsp3) is 0.389. The van der Waals surface area contributed by atoms with Gasteiger partial charge in [0.25, 0.3) is 0 Å². The highest BCUT2D eigenvalue weighted by Crippen LogP contribution is 2.21. The number of anilines is 1. The van der Waals surface area contributed by atoms with E-state index < -0.39 is 12.1 Å². The number of nitrogens with one attached hydrogen (secondary N) is 3. The zero-order valence-corrected chi connectivity index (χ0v) is 16.2. The molecule has 0 bridgehead atoms. The maximum Gasteiger partial charge on any atom is 0.319 e. The van der Waals surface area contributed by atoms with E-state index in [2.05, 4.69) is 20.9 Å². The summed E-state index contributed by atoms with van der Waals surface area (Å²) in [7, 11) is 1.91. The summed E-state index contributed by atoms with van der Waals surface area (Å²) in [6.07, 6.45) is 3.59. The Morgan fingerprint density at radius 3 is 2.70 bits per heavy atom. The molecule has 2 atom stereocenters. The molecule has 1 saturated heterocycles. The molecule has 0 radical (unpaired) electrons. The summed E-state index contributed by atoms with van der Waals surface area (Å²) in [5, 5.41) is 8.75. The first-order chi connectivity index (χ1) is 12.6. The van der Waals surface area contributed by atoms with Crippen molar-refractivity contribution >= 4 is 30.0 Å². The number of nitrogens with zero attached hydrogens (tertiary/aromatic N) is 3. The first-order valence-corrected chi connectivity index (χ1v) is 8.67. The minimum Gasteiger partial charge on any atom is -0.336 e. The molecule has 3 N–H and O–H groups in total. The van der Waals surface area contributed by atoms with E-state index in [9.17, 15) is 9.59 Å². The molecule has 0 aliphatic carbocycles. The second-order valence-electron chi connectivity index (χ2n) is 6.33. The predicted octanol–water partition coefficient (Wildman–Crippen LogP) is 1.52. The van der Waals surface area contributed by atoms with Gasteiger partial charge in [-0.2, -0.15) is 0 Å². The Labute approximate surface area is 164 Å². The lowest BCUT2D eigenvalue weighted by Crippen LogP contribution is -2.55. The van der Waals surface area contributed by atoms with Crippen LogP contribution in [-0.4, -0.2) is 52.1 Å². The van der Waals surface area contributed by atoms with E-state index in [0.29, 0.717) is 18.8 Å². The van der Waals surface area contributed by atoms with Crippen LogP contribution in [0.15, 0.2) is 42.7 Å². The number of rotatable bonds is 4. The Kier molecular flexibility index (Phi) is 7.20. The molecule has 1 aromatic heterocycles. The van der Waals surface area contributed by atoms with Crippen molar-refractivity contribution in [3.05, 3.63) is 48.5 Å². The number of hydrogen-bond donors (Lipinski definition) is 3. The van der Waals surface area contributed by atoms with Gasteiger partial charge in [-0.25, -0.2) is 9.78 Å². The van der Waals surface area contributed by atoms with Gasteiger partial charge in [-0.3, -0.25) is 4.79 Å². The van der Waals surface area contributed by atoms with Crippen LogP contribution in [0, 0.1) is 0 Å². The van der Waals surface area contributed by atoms with Gasteiger partial charge < -0.3 is 25.4 Å². The number of amides is 3. The number of piperazine rings is 1. The monoisotopic (exact) mass is 392 g/mol. The zero-order valence-electron chi connectivity index (χ0n) is 15.4. The van der Waals surface area contributed by atoms with Gasteiger partial charge in [0.05, 0.1) is 0 Å². The Balaban J connectivity index is 0.00000261. The van der Waals surface area contributed by atoms with E-state index in [-0.39, 0.29) is 24.4 Å². The summed E-state index contributed by atoms with van der Waals surface area (Å²) in [5.74, 6) is 0.703. The zero-order chi connectivity index (χ0) is 18.5. The smallest absolute Gasteiger partial charge is 0.319 e. The first-order valence-electron chi connectivity index (χ1n) is 8.67. The minimum atomic E-state index is -0.639. The summed E-state index contributed by atoms with van der Waals surface area (Å²) in [6, 6.07) is 7.93. The Morgan fingerprint density at radius 2 is 2.04 bits per heavy atom. The van der Waals surface area contributed by atoms with Gasteiger partial charge in [0, 0.05) is 44.8 Å². The molecule has 3 rings (SSSR count). The second-order valence-corrected chi connectivity index (χ2v) is 6.33. The third-order valence-corrected chi connectivity index (χ3v) is 4.43. The minimum absolute atomic E-state index is 0. The molecule has 8 nitrogen and oxygen atoms in total. The molecule has 0 spiro atoms. The van der Waals surface area contributed by atoms with Gasteiger partial charge in [0.2, 0.25) is 5.91 Å². The van der Waals surface area contributed by atoms with E-state index in [0.717, 1.165) is 12.4 Å². The molecule has 3 amide bonds. The van der Waals surface area contributed by atoms with E-state index in [4.69, 9.17) is 0 Å². The number of para-hydroxylation sites is 1. The average molecular weight is 393 g/mol. The third-order valence-electron chi connectivity index (χ3n) is 4.43. The molecule has 2 heterocycles. The van der Waals surface area contributed by atoms with Crippen molar-refractivity contribution in [2.24, 2.45) is 7.05 Å². The molecule has 9 heteroatoms. The van der Waals surface area contributed by atoms with Crippen LogP contribution in [0.2, 0.25) is 0 Å². The lowest BCUT2D eigenvalue weighted by atomic mass is 10.1. The van der Waals surface area contributed by atoms with Crippen LogP contribution in [0.25, 0.3) is 0 Å². The highest BCUT2D eigenvalue weighted by atomic mass is 35.5. The number of imidazole rings is 1. The topological polar surface area (TPSA) is 91.3 Å². The Bertz CT molecular complexity index is 766. The maximum absolute atomic E-state index is 12.9. The maximum atomic E-state index is 12.9. The lowest BCUT2D eigenvalue weighted by molar-refractivity contribution is -0.136. The molecule has 1 aromatic carbocycles. The van der Waals surface area contributed by atoms with E-state index >= 15 is 0 Å². The second kappa shape index (κ2) is 9.38. The van der Waals surface area contributed by atoms with Crippen LogP contribution in [0.1, 0.15) is 18.8 Å². The van der Waals surface area contributed by atoms with Crippen LogP contribution in [-0.2, 0) is 11.8 Å². The molecule has 2 unspecified atom stereocenters. The van der Waals surface area contributed by atoms with E-state index in [1.807, 2.05) is 36.0 Å². The SMILES string of the molecule is CC(NC(=O)Nc1ccccc1)C(=O)N1CCNCC1c1nccn1C.Cl. The van der Waals surface area contributed by atoms with Crippen LogP contribution in [0.3, 0.4) is 0 Å². The molecular weight excluding hydrogens is 368 g/mol. The Morgan fingerprint density at radius 1 is 1.30 bits per heavy atom. The van der Waals surface area contributed by atoms with Crippen molar-refractivity contribution in [2.45, 2.75) is 19.0 Å².